The van der Waals surface area contributed by atoms with Crippen LogP contribution in [0.1, 0.15) is 11.1 Å². The van der Waals surface area contributed by atoms with E-state index in [2.05, 4.69) is 40.2 Å². The Hall–Kier alpha value is -0.760. The molecule has 2 rings (SSSR count). The molecule has 62 valence electrons. The Balaban J connectivity index is 2.42. The number of ether oxygens (including phenoxy) is 1. The molecule has 0 atom stereocenters. The lowest BCUT2D eigenvalue weighted by molar-refractivity contribution is 0.289. The number of benzene rings is 1. The average molecular weight is 225 g/mol. The molecule has 0 amide bonds. The fourth-order valence-electron chi connectivity index (χ4n) is 1.40. The molecule has 0 saturated carbocycles. The molecular weight excluding hydrogens is 216 g/mol. The third-order valence-corrected chi connectivity index (χ3v) is 2.54. The van der Waals surface area contributed by atoms with Crippen LogP contribution in [0.3, 0.4) is 0 Å². The molecule has 0 fully saturated rings. The van der Waals surface area contributed by atoms with E-state index in [0.717, 1.165) is 16.7 Å². The maximum atomic E-state index is 5.18. The molecule has 0 aromatic heterocycles. The molecule has 1 aromatic rings. The van der Waals surface area contributed by atoms with Crippen molar-refractivity contribution < 1.29 is 4.74 Å². The van der Waals surface area contributed by atoms with Gasteiger partial charge in [-0.3, -0.25) is 0 Å². The van der Waals surface area contributed by atoms with E-state index >= 15 is 0 Å². The summed E-state index contributed by atoms with van der Waals surface area (Å²) in [5.74, 6) is 1.04. The summed E-state index contributed by atoms with van der Waals surface area (Å²) in [7, 11) is 1.72. The zero-order chi connectivity index (χ0) is 8.55. The van der Waals surface area contributed by atoms with Crippen LogP contribution in [0.2, 0.25) is 0 Å². The van der Waals surface area contributed by atoms with Crippen molar-refractivity contribution in [1.29, 1.82) is 0 Å². The van der Waals surface area contributed by atoms with E-state index in [1.54, 1.807) is 7.11 Å². The maximum Gasteiger partial charge on any atom is 0.100 e. The van der Waals surface area contributed by atoms with Gasteiger partial charge in [0, 0.05) is 10.9 Å². The van der Waals surface area contributed by atoms with Gasteiger partial charge in [0.05, 0.1) is 7.11 Å². The minimum Gasteiger partial charge on any atom is -0.501 e. The fraction of sp³-hybridized carbons (Fsp3) is 0.200. The number of hydrogen-bond donors (Lipinski definition) is 0. The average Bonchev–Trinajstić information content (AvgIpc) is 2.46. The normalized spacial score (nSPS) is 14.0. The van der Waals surface area contributed by atoms with Gasteiger partial charge in [0.2, 0.25) is 0 Å². The van der Waals surface area contributed by atoms with Crippen molar-refractivity contribution in [2.24, 2.45) is 0 Å². The number of rotatable bonds is 1. The Morgan fingerprint density at radius 2 is 2.25 bits per heavy atom. The van der Waals surface area contributed by atoms with Crippen LogP contribution in [0.4, 0.5) is 0 Å². The lowest BCUT2D eigenvalue weighted by Crippen LogP contribution is -1.85. The van der Waals surface area contributed by atoms with Gasteiger partial charge in [-0.15, -0.1) is 0 Å². The number of hydrogen-bond acceptors (Lipinski definition) is 1. The van der Waals surface area contributed by atoms with E-state index in [-0.39, 0.29) is 0 Å². The van der Waals surface area contributed by atoms with Crippen LogP contribution in [-0.2, 0) is 11.2 Å². The van der Waals surface area contributed by atoms with Crippen molar-refractivity contribution in [2.45, 2.75) is 6.42 Å². The molecule has 0 spiro atoms. The third-order valence-electron chi connectivity index (χ3n) is 2.05. The molecule has 1 aromatic carbocycles. The molecular formula is C10H9BrO. The molecule has 0 radical (unpaired) electrons. The van der Waals surface area contributed by atoms with E-state index in [0.29, 0.717) is 0 Å². The molecule has 1 nitrogen and oxygen atoms in total. The predicted octanol–water partition coefficient (Wildman–Crippen LogP) is 2.99. The van der Waals surface area contributed by atoms with E-state index in [4.69, 9.17) is 4.74 Å². The van der Waals surface area contributed by atoms with E-state index in [1.165, 1.54) is 11.1 Å². The summed E-state index contributed by atoms with van der Waals surface area (Å²) < 4.78 is 6.30. The molecule has 0 N–H and O–H groups in total. The first-order valence-corrected chi connectivity index (χ1v) is 4.62. The van der Waals surface area contributed by atoms with Gasteiger partial charge in [0.15, 0.2) is 0 Å². The highest BCUT2D eigenvalue weighted by atomic mass is 79.9. The van der Waals surface area contributed by atoms with Crippen molar-refractivity contribution in [1.82, 2.24) is 0 Å². The summed E-state index contributed by atoms with van der Waals surface area (Å²) in [5.41, 5.74) is 2.61. The van der Waals surface area contributed by atoms with Crippen LogP contribution >= 0.6 is 15.9 Å². The lowest BCUT2D eigenvalue weighted by Gasteiger charge is -1.98. The van der Waals surface area contributed by atoms with Crippen molar-refractivity contribution in [3.05, 3.63) is 39.6 Å². The SMILES string of the molecule is COC1=Cc2cc(Br)ccc2C1. The first-order chi connectivity index (χ1) is 5.79. The second-order valence-corrected chi connectivity index (χ2v) is 3.75. The standard InChI is InChI=1S/C10H9BrO/c1-12-10-5-7-2-3-9(11)4-8(7)6-10/h2-4,6H,5H2,1H3. The van der Waals surface area contributed by atoms with Gasteiger partial charge < -0.3 is 4.74 Å². The van der Waals surface area contributed by atoms with Gasteiger partial charge in [-0.2, -0.15) is 0 Å². The highest BCUT2D eigenvalue weighted by Gasteiger charge is 2.12. The van der Waals surface area contributed by atoms with Crippen LogP contribution < -0.4 is 0 Å². The Morgan fingerprint density at radius 1 is 1.42 bits per heavy atom. The number of allylic oxidation sites excluding steroid dienone is 1. The molecule has 12 heavy (non-hydrogen) atoms. The van der Waals surface area contributed by atoms with Gasteiger partial charge in [-0.05, 0) is 29.3 Å². The second-order valence-electron chi connectivity index (χ2n) is 2.83. The van der Waals surface area contributed by atoms with Crippen molar-refractivity contribution in [3.63, 3.8) is 0 Å². The van der Waals surface area contributed by atoms with Gasteiger partial charge in [-0.1, -0.05) is 22.0 Å². The fourth-order valence-corrected chi connectivity index (χ4v) is 1.78. The molecule has 0 heterocycles. The second kappa shape index (κ2) is 2.94. The molecule has 1 aliphatic rings. The Labute approximate surface area is 80.2 Å². The largest absolute Gasteiger partial charge is 0.501 e. The van der Waals surface area contributed by atoms with Gasteiger partial charge in [-0.25, -0.2) is 0 Å². The molecule has 0 saturated heterocycles. The predicted molar refractivity (Wildman–Crippen MR) is 52.8 cm³/mol. The highest BCUT2D eigenvalue weighted by Crippen LogP contribution is 2.27. The first-order valence-electron chi connectivity index (χ1n) is 3.82. The van der Waals surface area contributed by atoms with Crippen LogP contribution in [0.5, 0.6) is 0 Å². The summed E-state index contributed by atoms with van der Waals surface area (Å²) in [5, 5.41) is 0. The van der Waals surface area contributed by atoms with Crippen molar-refractivity contribution >= 4 is 22.0 Å². The van der Waals surface area contributed by atoms with Gasteiger partial charge in [0.1, 0.15) is 5.76 Å². The quantitative estimate of drug-likeness (QED) is 0.713. The number of methoxy groups -OCH3 is 1. The first kappa shape index (κ1) is 7.87. The van der Waals surface area contributed by atoms with Crippen molar-refractivity contribution in [3.8, 4) is 0 Å². The number of fused-ring (bicyclic) bond motifs is 1. The van der Waals surface area contributed by atoms with Crippen LogP contribution in [-0.4, -0.2) is 7.11 Å². The zero-order valence-electron chi connectivity index (χ0n) is 6.80. The number of halogens is 1. The minimum atomic E-state index is 0.930. The summed E-state index contributed by atoms with van der Waals surface area (Å²) in [6.45, 7) is 0. The monoisotopic (exact) mass is 224 g/mol. The smallest absolute Gasteiger partial charge is 0.100 e. The summed E-state index contributed by atoms with van der Waals surface area (Å²) in [6.07, 6.45) is 3.01. The molecule has 0 bridgehead atoms. The van der Waals surface area contributed by atoms with E-state index in [1.807, 2.05) is 0 Å². The third kappa shape index (κ3) is 1.27. The topological polar surface area (TPSA) is 9.23 Å². The van der Waals surface area contributed by atoms with Crippen molar-refractivity contribution in [2.75, 3.05) is 7.11 Å². The van der Waals surface area contributed by atoms with E-state index in [9.17, 15) is 0 Å². The van der Waals surface area contributed by atoms with Gasteiger partial charge in [0.25, 0.3) is 0 Å². The minimum absolute atomic E-state index is 0.930. The zero-order valence-corrected chi connectivity index (χ0v) is 8.39. The highest BCUT2D eigenvalue weighted by molar-refractivity contribution is 9.10. The molecule has 2 heteroatoms. The molecule has 1 aliphatic carbocycles. The Kier molecular flexibility index (Phi) is 1.93. The Bertz CT molecular complexity index is 342. The maximum absolute atomic E-state index is 5.18. The van der Waals surface area contributed by atoms with Gasteiger partial charge >= 0.3 is 0 Å². The molecule has 0 unspecified atom stereocenters. The summed E-state index contributed by atoms with van der Waals surface area (Å²) in [6, 6.07) is 6.30. The van der Waals surface area contributed by atoms with Crippen LogP contribution in [0, 0.1) is 0 Å². The summed E-state index contributed by atoms with van der Waals surface area (Å²) in [4.78, 5) is 0. The van der Waals surface area contributed by atoms with Crippen LogP contribution in [0.15, 0.2) is 28.4 Å². The molecule has 0 aliphatic heterocycles. The lowest BCUT2D eigenvalue weighted by atomic mass is 10.1. The van der Waals surface area contributed by atoms with Crippen LogP contribution in [0.25, 0.3) is 6.08 Å². The summed E-state index contributed by atoms with van der Waals surface area (Å²) >= 11 is 3.44. The Morgan fingerprint density at radius 3 is 3.00 bits per heavy atom. The van der Waals surface area contributed by atoms with E-state index < -0.39 is 0 Å².